The van der Waals surface area contributed by atoms with Crippen molar-refractivity contribution in [2.24, 2.45) is 0 Å². The van der Waals surface area contributed by atoms with Crippen LogP contribution in [0.2, 0.25) is 25.7 Å². The van der Waals surface area contributed by atoms with E-state index in [1.165, 1.54) is 7.11 Å². The molecular weight excluding hydrogens is 440 g/mol. The Morgan fingerprint density at radius 1 is 1.15 bits per heavy atom. The van der Waals surface area contributed by atoms with Crippen molar-refractivity contribution in [1.82, 2.24) is 24.5 Å². The van der Waals surface area contributed by atoms with E-state index in [1.807, 2.05) is 4.57 Å². The first-order valence-electron chi connectivity index (χ1n) is 11.0. The summed E-state index contributed by atoms with van der Waals surface area (Å²) in [7, 11) is 0.165. The van der Waals surface area contributed by atoms with Gasteiger partial charge in [-0.15, -0.1) is 0 Å². The molecule has 10 nitrogen and oxygen atoms in total. The third-order valence-electron chi connectivity index (χ3n) is 5.40. The summed E-state index contributed by atoms with van der Waals surface area (Å²) in [5.41, 5.74) is 3.00. The van der Waals surface area contributed by atoms with Crippen LogP contribution >= 0.6 is 0 Å². The number of hydrogen-bond donors (Lipinski definition) is 0. The lowest BCUT2D eigenvalue weighted by atomic mass is 10.1. The van der Waals surface area contributed by atoms with Gasteiger partial charge in [-0.05, 0) is 18.2 Å². The van der Waals surface area contributed by atoms with Gasteiger partial charge in [-0.2, -0.15) is 4.98 Å². The van der Waals surface area contributed by atoms with Crippen LogP contribution in [0.15, 0.2) is 24.7 Å². The third kappa shape index (κ3) is 5.54. The Bertz CT molecular complexity index is 1110. The van der Waals surface area contributed by atoms with Crippen molar-refractivity contribution in [1.29, 1.82) is 0 Å². The van der Waals surface area contributed by atoms with Crippen molar-refractivity contribution < 1.29 is 19.0 Å². The average Bonchev–Trinajstić information content (AvgIpc) is 3.24. The molecule has 0 aliphatic carbocycles. The second kappa shape index (κ2) is 9.94. The van der Waals surface area contributed by atoms with E-state index >= 15 is 0 Å². The van der Waals surface area contributed by atoms with Crippen molar-refractivity contribution in [2.45, 2.75) is 32.4 Å². The van der Waals surface area contributed by atoms with Gasteiger partial charge in [-0.25, -0.2) is 19.7 Å². The van der Waals surface area contributed by atoms with E-state index in [-0.39, 0.29) is 5.69 Å². The number of nitrogens with zero attached hydrogens (tertiary/aromatic N) is 6. The van der Waals surface area contributed by atoms with Gasteiger partial charge in [-0.3, -0.25) is 4.57 Å². The number of rotatable bonds is 8. The minimum absolute atomic E-state index is 0.237. The summed E-state index contributed by atoms with van der Waals surface area (Å²) in [4.78, 5) is 32.3. The van der Waals surface area contributed by atoms with E-state index in [9.17, 15) is 4.79 Å². The molecule has 0 bridgehead atoms. The summed E-state index contributed by atoms with van der Waals surface area (Å²) in [6, 6.07) is 4.52. The summed E-state index contributed by atoms with van der Waals surface area (Å²) in [5.74, 6) is 0.129. The molecule has 3 aromatic heterocycles. The first kappa shape index (κ1) is 23.3. The normalized spacial score (nSPS) is 14.6. The maximum Gasteiger partial charge on any atom is 0.356 e. The van der Waals surface area contributed by atoms with E-state index in [1.54, 1.807) is 24.7 Å². The first-order valence-corrected chi connectivity index (χ1v) is 14.7. The van der Waals surface area contributed by atoms with Gasteiger partial charge in [0.25, 0.3) is 0 Å². The van der Waals surface area contributed by atoms with Crippen LogP contribution in [0.5, 0.6) is 0 Å². The summed E-state index contributed by atoms with van der Waals surface area (Å²) in [5, 5.41) is 0. The fourth-order valence-electron chi connectivity index (χ4n) is 3.43. The monoisotopic (exact) mass is 470 g/mol. The second-order valence-corrected chi connectivity index (χ2v) is 14.8. The van der Waals surface area contributed by atoms with Crippen LogP contribution in [0.25, 0.3) is 22.4 Å². The predicted molar refractivity (Wildman–Crippen MR) is 127 cm³/mol. The number of ether oxygens (including phenoxy) is 3. The van der Waals surface area contributed by atoms with Crippen molar-refractivity contribution in [3.05, 3.63) is 30.4 Å². The van der Waals surface area contributed by atoms with Gasteiger partial charge in [0.2, 0.25) is 5.95 Å². The van der Waals surface area contributed by atoms with Crippen LogP contribution < -0.4 is 4.90 Å². The maximum atomic E-state index is 11.8. The molecule has 4 rings (SSSR count). The van der Waals surface area contributed by atoms with Crippen molar-refractivity contribution in [3.63, 3.8) is 0 Å². The topological polar surface area (TPSA) is 104 Å². The smallest absolute Gasteiger partial charge is 0.356 e. The zero-order valence-electron chi connectivity index (χ0n) is 19.6. The molecular formula is C22H30N6O4Si. The largest absolute Gasteiger partial charge is 0.464 e. The van der Waals surface area contributed by atoms with Crippen molar-refractivity contribution in [2.75, 3.05) is 44.9 Å². The van der Waals surface area contributed by atoms with Gasteiger partial charge in [0, 0.05) is 39.5 Å². The molecule has 0 spiro atoms. The Kier molecular flexibility index (Phi) is 7.01. The first-order chi connectivity index (χ1) is 15.9. The number of fused-ring (bicyclic) bond motifs is 1. The van der Waals surface area contributed by atoms with Crippen LogP contribution in [0.3, 0.4) is 0 Å². The predicted octanol–water partition coefficient (Wildman–Crippen LogP) is 2.82. The quantitative estimate of drug-likeness (QED) is 0.279. The average molecular weight is 471 g/mol. The lowest BCUT2D eigenvalue weighted by molar-refractivity contribution is 0.0594. The lowest BCUT2D eigenvalue weighted by Crippen LogP contribution is -2.37. The molecule has 33 heavy (non-hydrogen) atoms. The van der Waals surface area contributed by atoms with Gasteiger partial charge in [0.15, 0.2) is 5.65 Å². The van der Waals surface area contributed by atoms with Crippen molar-refractivity contribution >= 4 is 31.2 Å². The van der Waals surface area contributed by atoms with Gasteiger partial charge >= 0.3 is 5.97 Å². The van der Waals surface area contributed by atoms with Crippen LogP contribution in [-0.4, -0.2) is 78.6 Å². The van der Waals surface area contributed by atoms with E-state index in [0.717, 1.165) is 11.6 Å². The standard InChI is InChI=1S/C22H30N6O4Si/c1-30-21(29)17-6-5-16(13-23-17)18-19-20(26-22(25-18)27-7-9-31-10-8-27)28(14-24-19)15-32-11-12-33(2,3)4/h5-6,13-14H,7-12,15H2,1-4H3. The summed E-state index contributed by atoms with van der Waals surface area (Å²) in [6.07, 6.45) is 3.34. The Labute approximate surface area is 193 Å². The minimum atomic E-state index is -1.17. The molecule has 0 unspecified atom stereocenters. The van der Waals surface area contributed by atoms with Gasteiger partial charge < -0.3 is 19.1 Å². The maximum absolute atomic E-state index is 11.8. The van der Waals surface area contributed by atoms with Gasteiger partial charge in [-0.1, -0.05) is 19.6 Å². The molecule has 1 saturated heterocycles. The zero-order valence-corrected chi connectivity index (χ0v) is 20.6. The van der Waals surface area contributed by atoms with E-state index in [4.69, 9.17) is 24.2 Å². The third-order valence-corrected chi connectivity index (χ3v) is 7.11. The molecule has 11 heteroatoms. The molecule has 0 amide bonds. The number of pyridine rings is 1. The highest BCUT2D eigenvalue weighted by molar-refractivity contribution is 6.76. The molecule has 176 valence electrons. The number of hydrogen-bond acceptors (Lipinski definition) is 9. The highest BCUT2D eigenvalue weighted by Crippen LogP contribution is 2.28. The molecule has 0 aromatic carbocycles. The molecule has 0 saturated carbocycles. The molecule has 1 aliphatic heterocycles. The van der Waals surface area contributed by atoms with E-state index in [2.05, 4.69) is 34.5 Å². The number of aromatic nitrogens is 5. The highest BCUT2D eigenvalue weighted by Gasteiger charge is 2.21. The lowest BCUT2D eigenvalue weighted by Gasteiger charge is -2.27. The summed E-state index contributed by atoms with van der Waals surface area (Å²) in [6.45, 7) is 10.8. The molecule has 0 atom stereocenters. The summed E-state index contributed by atoms with van der Waals surface area (Å²) >= 11 is 0. The number of morpholine rings is 1. The number of carbonyl (C=O) groups excluding carboxylic acids is 1. The highest BCUT2D eigenvalue weighted by atomic mass is 28.3. The fraction of sp³-hybridized carbons (Fsp3) is 0.500. The molecule has 1 aliphatic rings. The molecule has 4 heterocycles. The summed E-state index contributed by atoms with van der Waals surface area (Å²) < 4.78 is 18.1. The molecule has 0 radical (unpaired) electrons. The molecule has 1 fully saturated rings. The van der Waals surface area contributed by atoms with Crippen LogP contribution in [0.4, 0.5) is 5.95 Å². The SMILES string of the molecule is COC(=O)c1ccc(-c2nc(N3CCOCC3)nc3c2ncn3COCC[Si](C)(C)C)cn1. The fourth-order valence-corrected chi connectivity index (χ4v) is 4.19. The van der Waals surface area contributed by atoms with Crippen LogP contribution in [0.1, 0.15) is 10.5 Å². The van der Waals surface area contributed by atoms with E-state index < -0.39 is 14.0 Å². The Hall–Kier alpha value is -2.89. The Morgan fingerprint density at radius 3 is 2.61 bits per heavy atom. The van der Waals surface area contributed by atoms with E-state index in [0.29, 0.717) is 62.4 Å². The van der Waals surface area contributed by atoms with Gasteiger partial charge in [0.1, 0.15) is 23.6 Å². The second-order valence-electron chi connectivity index (χ2n) is 9.13. The Balaban J connectivity index is 1.68. The number of methoxy groups -OCH3 is 1. The number of carbonyl (C=O) groups is 1. The zero-order chi connectivity index (χ0) is 23.4. The molecule has 0 N–H and O–H groups in total. The van der Waals surface area contributed by atoms with Crippen molar-refractivity contribution in [3.8, 4) is 11.3 Å². The number of imidazole rings is 1. The number of esters is 1. The minimum Gasteiger partial charge on any atom is -0.464 e. The van der Waals surface area contributed by atoms with Gasteiger partial charge in [0.05, 0.1) is 26.7 Å². The molecule has 3 aromatic rings. The van der Waals surface area contributed by atoms with Crippen LogP contribution in [0, 0.1) is 0 Å². The van der Waals surface area contributed by atoms with Crippen LogP contribution in [-0.2, 0) is 20.9 Å². The number of anilines is 1. The Morgan fingerprint density at radius 2 is 1.94 bits per heavy atom.